The molecule has 0 fully saturated rings. The maximum absolute atomic E-state index is 12.1. The quantitative estimate of drug-likeness (QED) is 0.404. The van der Waals surface area contributed by atoms with Crippen LogP contribution < -0.4 is 22.1 Å². The first-order valence-electron chi connectivity index (χ1n) is 7.48. The van der Waals surface area contributed by atoms with E-state index in [0.29, 0.717) is 19.5 Å². The van der Waals surface area contributed by atoms with Gasteiger partial charge in [0.15, 0.2) is 0 Å². The standard InChI is InChI=1S/C14H30N4O2/c1-11(7-3-5-9-15)13(19)18-12(14(20)17-2)8-4-6-10-16/h11-12H,3-10,15-16H2,1-2H3,(H,17,20)(H,18,19). The Bertz CT molecular complexity index is 284. The molecule has 2 atom stereocenters. The molecule has 118 valence electrons. The lowest BCUT2D eigenvalue weighted by Gasteiger charge is -2.20. The lowest BCUT2D eigenvalue weighted by molar-refractivity contribution is -0.131. The van der Waals surface area contributed by atoms with Crippen molar-refractivity contribution in [3.63, 3.8) is 0 Å². The summed E-state index contributed by atoms with van der Waals surface area (Å²) in [7, 11) is 1.58. The van der Waals surface area contributed by atoms with Crippen LogP contribution in [0.25, 0.3) is 0 Å². The van der Waals surface area contributed by atoms with Gasteiger partial charge in [-0.2, -0.15) is 0 Å². The van der Waals surface area contributed by atoms with Gasteiger partial charge in [0, 0.05) is 13.0 Å². The summed E-state index contributed by atoms with van der Waals surface area (Å²) in [5, 5.41) is 5.42. The Labute approximate surface area is 122 Å². The minimum absolute atomic E-state index is 0.0663. The zero-order valence-corrected chi connectivity index (χ0v) is 12.8. The molecular weight excluding hydrogens is 256 g/mol. The van der Waals surface area contributed by atoms with Crippen LogP contribution in [0.15, 0.2) is 0 Å². The Balaban J connectivity index is 4.25. The Kier molecular flexibility index (Phi) is 11.0. The van der Waals surface area contributed by atoms with E-state index in [2.05, 4.69) is 10.6 Å². The largest absolute Gasteiger partial charge is 0.357 e. The van der Waals surface area contributed by atoms with Gasteiger partial charge in [-0.15, -0.1) is 0 Å². The second kappa shape index (κ2) is 11.7. The van der Waals surface area contributed by atoms with Crippen LogP contribution in [0.3, 0.4) is 0 Å². The number of nitrogens with one attached hydrogen (secondary N) is 2. The molecule has 2 amide bonds. The van der Waals surface area contributed by atoms with Gasteiger partial charge in [0.1, 0.15) is 6.04 Å². The zero-order valence-electron chi connectivity index (χ0n) is 12.8. The minimum Gasteiger partial charge on any atom is -0.357 e. The predicted molar refractivity (Wildman–Crippen MR) is 81.0 cm³/mol. The monoisotopic (exact) mass is 286 g/mol. The molecule has 20 heavy (non-hydrogen) atoms. The van der Waals surface area contributed by atoms with Gasteiger partial charge in [0.25, 0.3) is 0 Å². The maximum Gasteiger partial charge on any atom is 0.242 e. The second-order valence-electron chi connectivity index (χ2n) is 5.15. The average Bonchev–Trinajstić information content (AvgIpc) is 2.45. The van der Waals surface area contributed by atoms with E-state index in [0.717, 1.165) is 32.1 Å². The highest BCUT2D eigenvalue weighted by Crippen LogP contribution is 2.09. The van der Waals surface area contributed by atoms with Crippen molar-refractivity contribution in [3.8, 4) is 0 Å². The summed E-state index contributed by atoms with van der Waals surface area (Å²) in [6.45, 7) is 3.13. The van der Waals surface area contributed by atoms with Crippen molar-refractivity contribution in [2.24, 2.45) is 17.4 Å². The molecule has 0 aromatic rings. The Morgan fingerprint density at radius 2 is 1.50 bits per heavy atom. The molecule has 0 saturated carbocycles. The summed E-state index contributed by atoms with van der Waals surface area (Å²) in [6.07, 6.45) is 4.96. The van der Waals surface area contributed by atoms with Crippen LogP contribution in [0.1, 0.15) is 45.4 Å². The molecule has 0 aromatic carbocycles. The first-order valence-corrected chi connectivity index (χ1v) is 7.48. The topological polar surface area (TPSA) is 110 Å². The van der Waals surface area contributed by atoms with Crippen LogP contribution in [0.4, 0.5) is 0 Å². The van der Waals surface area contributed by atoms with Crippen molar-refractivity contribution in [1.29, 1.82) is 0 Å². The number of rotatable bonds is 11. The Hall–Kier alpha value is -1.14. The normalized spacial score (nSPS) is 13.6. The van der Waals surface area contributed by atoms with Crippen LogP contribution in [-0.4, -0.2) is 38.0 Å². The third kappa shape index (κ3) is 8.12. The molecule has 0 aliphatic rings. The summed E-state index contributed by atoms with van der Waals surface area (Å²) in [4.78, 5) is 23.8. The van der Waals surface area contributed by atoms with Gasteiger partial charge in [-0.25, -0.2) is 0 Å². The van der Waals surface area contributed by atoms with Gasteiger partial charge in [-0.05, 0) is 45.2 Å². The molecule has 0 rings (SSSR count). The first-order chi connectivity index (χ1) is 9.56. The summed E-state index contributed by atoms with van der Waals surface area (Å²) >= 11 is 0. The molecule has 0 aliphatic heterocycles. The molecule has 0 spiro atoms. The van der Waals surface area contributed by atoms with Gasteiger partial charge in [0.05, 0.1) is 0 Å². The van der Waals surface area contributed by atoms with Crippen LogP contribution in [0, 0.1) is 5.92 Å². The van der Waals surface area contributed by atoms with Crippen molar-refractivity contribution in [3.05, 3.63) is 0 Å². The lowest BCUT2D eigenvalue weighted by atomic mass is 10.0. The molecule has 6 heteroatoms. The van der Waals surface area contributed by atoms with Crippen LogP contribution in [0.2, 0.25) is 0 Å². The van der Waals surface area contributed by atoms with Crippen molar-refractivity contribution in [2.45, 2.75) is 51.5 Å². The van der Waals surface area contributed by atoms with Crippen molar-refractivity contribution in [2.75, 3.05) is 20.1 Å². The molecule has 6 N–H and O–H groups in total. The van der Waals surface area contributed by atoms with Crippen molar-refractivity contribution in [1.82, 2.24) is 10.6 Å². The molecule has 2 unspecified atom stereocenters. The van der Waals surface area contributed by atoms with E-state index in [4.69, 9.17) is 11.5 Å². The molecule has 0 aromatic heterocycles. The van der Waals surface area contributed by atoms with Crippen LogP contribution in [-0.2, 0) is 9.59 Å². The number of nitrogens with two attached hydrogens (primary N) is 2. The highest BCUT2D eigenvalue weighted by Gasteiger charge is 2.21. The molecular formula is C14H30N4O2. The average molecular weight is 286 g/mol. The highest BCUT2D eigenvalue weighted by molar-refractivity contribution is 5.88. The number of hydrogen-bond donors (Lipinski definition) is 4. The molecule has 6 nitrogen and oxygen atoms in total. The Morgan fingerprint density at radius 3 is 2.00 bits per heavy atom. The third-order valence-corrected chi connectivity index (χ3v) is 3.37. The third-order valence-electron chi connectivity index (χ3n) is 3.37. The smallest absolute Gasteiger partial charge is 0.242 e. The predicted octanol–water partition coefficient (Wildman–Crippen LogP) is 0.111. The second-order valence-corrected chi connectivity index (χ2v) is 5.15. The molecule has 0 bridgehead atoms. The van der Waals surface area contributed by atoms with Crippen molar-refractivity contribution < 1.29 is 9.59 Å². The van der Waals surface area contributed by atoms with Gasteiger partial charge in [-0.1, -0.05) is 13.3 Å². The minimum atomic E-state index is -0.462. The number of carbonyl (C=O) groups excluding carboxylic acids is 2. The SMILES string of the molecule is CNC(=O)C(CCCCN)NC(=O)C(C)CCCCN. The van der Waals surface area contributed by atoms with E-state index in [1.54, 1.807) is 7.05 Å². The van der Waals surface area contributed by atoms with Gasteiger partial charge >= 0.3 is 0 Å². The fourth-order valence-corrected chi connectivity index (χ4v) is 1.98. The summed E-state index contributed by atoms with van der Waals surface area (Å²) < 4.78 is 0. The van der Waals surface area contributed by atoms with Crippen LogP contribution >= 0.6 is 0 Å². The van der Waals surface area contributed by atoms with Gasteiger partial charge in [0.2, 0.25) is 11.8 Å². The molecule has 0 radical (unpaired) electrons. The molecule has 0 aliphatic carbocycles. The number of amides is 2. The highest BCUT2D eigenvalue weighted by atomic mass is 16.2. The van der Waals surface area contributed by atoms with E-state index in [9.17, 15) is 9.59 Å². The first kappa shape index (κ1) is 18.9. The summed E-state index contributed by atoms with van der Waals surface area (Å²) in [5.74, 6) is -0.309. The lowest BCUT2D eigenvalue weighted by Crippen LogP contribution is -2.47. The number of carbonyl (C=O) groups is 2. The summed E-state index contributed by atoms with van der Waals surface area (Å²) in [6, 6.07) is -0.462. The summed E-state index contributed by atoms with van der Waals surface area (Å²) in [5.41, 5.74) is 10.9. The number of unbranched alkanes of at least 4 members (excludes halogenated alkanes) is 2. The molecule has 0 heterocycles. The Morgan fingerprint density at radius 1 is 0.950 bits per heavy atom. The van der Waals surface area contributed by atoms with E-state index < -0.39 is 6.04 Å². The number of hydrogen-bond acceptors (Lipinski definition) is 4. The van der Waals surface area contributed by atoms with E-state index in [-0.39, 0.29) is 17.7 Å². The van der Waals surface area contributed by atoms with Gasteiger partial charge in [-0.3, -0.25) is 9.59 Å². The van der Waals surface area contributed by atoms with Crippen LogP contribution in [0.5, 0.6) is 0 Å². The fraction of sp³-hybridized carbons (Fsp3) is 0.857. The fourth-order valence-electron chi connectivity index (χ4n) is 1.98. The van der Waals surface area contributed by atoms with E-state index >= 15 is 0 Å². The maximum atomic E-state index is 12.1. The van der Waals surface area contributed by atoms with E-state index in [1.165, 1.54) is 0 Å². The zero-order chi connectivity index (χ0) is 15.4. The number of likely N-dealkylation sites (N-methyl/N-ethyl adjacent to an activating group) is 1. The van der Waals surface area contributed by atoms with Gasteiger partial charge < -0.3 is 22.1 Å². The van der Waals surface area contributed by atoms with Crippen molar-refractivity contribution >= 4 is 11.8 Å². The van der Waals surface area contributed by atoms with E-state index in [1.807, 2.05) is 6.92 Å². The molecule has 0 saturated heterocycles.